The number of benzene rings is 1. The number of pyridine rings is 1. The molecule has 3 heterocycles. The molecule has 6 heteroatoms. The lowest BCUT2D eigenvalue weighted by Crippen LogP contribution is -2.31. The van der Waals surface area contributed by atoms with Crippen molar-refractivity contribution in [3.8, 4) is 11.4 Å². The van der Waals surface area contributed by atoms with E-state index in [1.165, 1.54) is 6.07 Å². The minimum atomic E-state index is -0.102. The Balaban J connectivity index is 1.41. The number of rotatable bonds is 4. The number of carbonyl (C=O) groups is 1. The van der Waals surface area contributed by atoms with Gasteiger partial charge in [-0.15, -0.1) is 0 Å². The molecular weight excluding hydrogens is 354 g/mol. The second-order valence-corrected chi connectivity index (χ2v) is 7.15. The minimum absolute atomic E-state index is 0.00492. The molecule has 1 unspecified atom stereocenters. The van der Waals surface area contributed by atoms with Gasteiger partial charge in [0.25, 0.3) is 11.5 Å². The maximum Gasteiger partial charge on any atom is 0.254 e. The van der Waals surface area contributed by atoms with Crippen LogP contribution < -0.4 is 10.3 Å². The molecule has 6 nitrogen and oxygen atoms in total. The molecule has 1 aromatic carbocycles. The monoisotopic (exact) mass is 377 g/mol. The summed E-state index contributed by atoms with van der Waals surface area (Å²) in [5, 5.41) is 0. The van der Waals surface area contributed by atoms with Crippen LogP contribution >= 0.6 is 0 Å². The van der Waals surface area contributed by atoms with E-state index in [1.807, 2.05) is 71.2 Å². The van der Waals surface area contributed by atoms with E-state index in [2.05, 4.69) is 0 Å². The normalized spacial score (nSPS) is 16.4. The van der Waals surface area contributed by atoms with E-state index < -0.39 is 0 Å². The zero-order valence-electron chi connectivity index (χ0n) is 16.0. The third-order valence-corrected chi connectivity index (χ3v) is 5.23. The van der Waals surface area contributed by atoms with Crippen molar-refractivity contribution < 1.29 is 9.53 Å². The fourth-order valence-corrected chi connectivity index (χ4v) is 3.47. The maximum absolute atomic E-state index is 12.8. The summed E-state index contributed by atoms with van der Waals surface area (Å²) < 4.78 is 9.54. The van der Waals surface area contributed by atoms with Gasteiger partial charge in [-0.1, -0.05) is 0 Å². The van der Waals surface area contributed by atoms with Gasteiger partial charge in [-0.05, 0) is 49.4 Å². The smallest absolute Gasteiger partial charge is 0.254 e. The van der Waals surface area contributed by atoms with Gasteiger partial charge in [-0.2, -0.15) is 0 Å². The topological polar surface area (TPSA) is 56.5 Å². The van der Waals surface area contributed by atoms with Gasteiger partial charge in [0, 0.05) is 55.4 Å². The van der Waals surface area contributed by atoms with Crippen LogP contribution in [0.25, 0.3) is 5.69 Å². The minimum Gasteiger partial charge on any atom is -0.488 e. The molecule has 0 radical (unpaired) electrons. The third kappa shape index (κ3) is 3.58. The summed E-state index contributed by atoms with van der Waals surface area (Å²) in [6, 6.07) is 14.9. The van der Waals surface area contributed by atoms with Crippen LogP contribution in [0, 0.1) is 6.92 Å². The summed E-state index contributed by atoms with van der Waals surface area (Å²) in [6.07, 6.45) is 4.59. The molecule has 0 N–H and O–H groups in total. The summed E-state index contributed by atoms with van der Waals surface area (Å²) in [6.45, 7) is 3.04. The van der Waals surface area contributed by atoms with Crippen molar-refractivity contribution in [3.63, 3.8) is 0 Å². The zero-order valence-corrected chi connectivity index (χ0v) is 16.0. The molecule has 1 aliphatic heterocycles. The van der Waals surface area contributed by atoms with Crippen LogP contribution in [0.5, 0.6) is 5.75 Å². The summed E-state index contributed by atoms with van der Waals surface area (Å²) in [4.78, 5) is 26.5. The van der Waals surface area contributed by atoms with Crippen molar-refractivity contribution in [2.75, 3.05) is 13.1 Å². The molecule has 1 fully saturated rings. The van der Waals surface area contributed by atoms with Crippen LogP contribution in [0.4, 0.5) is 0 Å². The van der Waals surface area contributed by atoms with E-state index in [9.17, 15) is 9.59 Å². The molecule has 2 aromatic heterocycles. The molecular formula is C22H23N3O3. The molecule has 0 aliphatic carbocycles. The highest BCUT2D eigenvalue weighted by atomic mass is 16.5. The predicted molar refractivity (Wildman–Crippen MR) is 107 cm³/mol. The molecule has 3 aromatic rings. The summed E-state index contributed by atoms with van der Waals surface area (Å²) in [5.41, 5.74) is 2.44. The first-order valence-corrected chi connectivity index (χ1v) is 9.38. The van der Waals surface area contributed by atoms with Crippen LogP contribution in [0.1, 0.15) is 22.5 Å². The Hall–Kier alpha value is -3.28. The van der Waals surface area contributed by atoms with Gasteiger partial charge in [0.05, 0.1) is 6.54 Å². The molecule has 28 heavy (non-hydrogen) atoms. The number of likely N-dealkylation sites (tertiary alicyclic amines) is 1. The van der Waals surface area contributed by atoms with Crippen LogP contribution in [-0.2, 0) is 7.05 Å². The van der Waals surface area contributed by atoms with Gasteiger partial charge in [0.2, 0.25) is 0 Å². The molecule has 0 saturated carbocycles. The van der Waals surface area contributed by atoms with Gasteiger partial charge in [0.15, 0.2) is 0 Å². The number of hydrogen-bond acceptors (Lipinski definition) is 3. The summed E-state index contributed by atoms with van der Waals surface area (Å²) in [5.74, 6) is 0.571. The Morgan fingerprint density at radius 3 is 2.50 bits per heavy atom. The molecule has 1 aliphatic rings. The average Bonchev–Trinajstić information content (AvgIpc) is 3.38. The maximum atomic E-state index is 12.8. The largest absolute Gasteiger partial charge is 0.488 e. The molecule has 144 valence electrons. The van der Waals surface area contributed by atoms with Crippen molar-refractivity contribution in [1.82, 2.24) is 14.0 Å². The molecule has 4 rings (SSSR count). The lowest BCUT2D eigenvalue weighted by Gasteiger charge is -2.18. The van der Waals surface area contributed by atoms with Crippen LogP contribution in [0.2, 0.25) is 0 Å². The lowest BCUT2D eigenvalue weighted by atomic mass is 10.2. The first kappa shape index (κ1) is 18.1. The van der Waals surface area contributed by atoms with E-state index in [-0.39, 0.29) is 17.6 Å². The van der Waals surface area contributed by atoms with E-state index in [0.717, 1.165) is 17.8 Å². The third-order valence-electron chi connectivity index (χ3n) is 5.23. The number of aryl methyl sites for hydroxylation is 1. The van der Waals surface area contributed by atoms with Crippen LogP contribution in [0.3, 0.4) is 0 Å². The van der Waals surface area contributed by atoms with Crippen LogP contribution in [0.15, 0.2) is 65.7 Å². The van der Waals surface area contributed by atoms with E-state index >= 15 is 0 Å². The summed E-state index contributed by atoms with van der Waals surface area (Å²) in [7, 11) is 1.74. The SMILES string of the molecule is Cc1cc(OC2CCN(C(=O)c3ccc(-n4cccc4)cc3)C2)cc(=O)n1C. The summed E-state index contributed by atoms with van der Waals surface area (Å²) >= 11 is 0. The molecule has 0 bridgehead atoms. The molecule has 0 spiro atoms. The Morgan fingerprint density at radius 1 is 1.11 bits per heavy atom. The number of aromatic nitrogens is 2. The number of amides is 1. The lowest BCUT2D eigenvalue weighted by molar-refractivity contribution is 0.0772. The van der Waals surface area contributed by atoms with E-state index in [4.69, 9.17) is 4.74 Å². The van der Waals surface area contributed by atoms with Crippen molar-refractivity contribution >= 4 is 5.91 Å². The van der Waals surface area contributed by atoms with E-state index in [1.54, 1.807) is 11.6 Å². The van der Waals surface area contributed by atoms with Crippen molar-refractivity contribution in [3.05, 3.63) is 82.5 Å². The second-order valence-electron chi connectivity index (χ2n) is 7.15. The fraction of sp³-hybridized carbons (Fsp3) is 0.273. The van der Waals surface area contributed by atoms with E-state index in [0.29, 0.717) is 24.4 Å². The van der Waals surface area contributed by atoms with Crippen LogP contribution in [-0.4, -0.2) is 39.1 Å². The molecule has 1 atom stereocenters. The van der Waals surface area contributed by atoms with Crippen molar-refractivity contribution in [2.24, 2.45) is 7.05 Å². The average molecular weight is 377 g/mol. The standard InChI is InChI=1S/C22H23N3O3/c1-16-13-20(14-21(26)23(16)2)28-19-9-12-25(15-19)22(27)17-5-7-18(8-6-17)24-10-3-4-11-24/h3-8,10-11,13-14,19H,9,12,15H2,1-2H3. The first-order chi connectivity index (χ1) is 13.5. The Morgan fingerprint density at radius 2 is 1.82 bits per heavy atom. The molecule has 1 saturated heterocycles. The van der Waals surface area contributed by atoms with Crippen molar-refractivity contribution in [1.29, 1.82) is 0 Å². The Bertz CT molecular complexity index is 1040. The van der Waals surface area contributed by atoms with Gasteiger partial charge < -0.3 is 18.8 Å². The highest BCUT2D eigenvalue weighted by Gasteiger charge is 2.28. The highest BCUT2D eigenvalue weighted by Crippen LogP contribution is 2.20. The molecule has 1 amide bonds. The number of carbonyl (C=O) groups excluding carboxylic acids is 1. The number of ether oxygens (including phenoxy) is 1. The number of nitrogens with zero attached hydrogens (tertiary/aromatic N) is 3. The quantitative estimate of drug-likeness (QED) is 0.703. The van der Waals surface area contributed by atoms with Gasteiger partial charge in [-0.25, -0.2) is 0 Å². The predicted octanol–water partition coefficient (Wildman–Crippen LogP) is 2.78. The van der Waals surface area contributed by atoms with Gasteiger partial charge >= 0.3 is 0 Å². The van der Waals surface area contributed by atoms with Gasteiger partial charge in [0.1, 0.15) is 11.9 Å². The zero-order chi connectivity index (χ0) is 19.7. The Labute approximate surface area is 163 Å². The van der Waals surface area contributed by atoms with Gasteiger partial charge in [-0.3, -0.25) is 9.59 Å². The van der Waals surface area contributed by atoms with Crippen molar-refractivity contribution in [2.45, 2.75) is 19.4 Å². The second kappa shape index (κ2) is 7.38. The fourth-order valence-electron chi connectivity index (χ4n) is 3.47. The number of hydrogen-bond donors (Lipinski definition) is 0. The first-order valence-electron chi connectivity index (χ1n) is 9.38. The Kier molecular flexibility index (Phi) is 4.77. The highest BCUT2D eigenvalue weighted by molar-refractivity contribution is 5.94.